The monoisotopic (exact) mass is 667 g/mol. The van der Waals surface area contributed by atoms with Crippen LogP contribution in [-0.2, 0) is 0 Å². The molecule has 0 atom stereocenters. The van der Waals surface area contributed by atoms with Gasteiger partial charge in [0.15, 0.2) is 0 Å². The van der Waals surface area contributed by atoms with E-state index >= 15 is 0 Å². The molecule has 0 amide bonds. The van der Waals surface area contributed by atoms with Gasteiger partial charge in [-0.05, 0) is 95.1 Å². The summed E-state index contributed by atoms with van der Waals surface area (Å²) in [5.74, 6) is 0. The number of thiophene rings is 1. The summed E-state index contributed by atoms with van der Waals surface area (Å²) in [7, 11) is 0. The van der Waals surface area contributed by atoms with Crippen molar-refractivity contribution in [3.05, 3.63) is 176 Å². The van der Waals surface area contributed by atoms with Crippen molar-refractivity contribution in [2.45, 2.75) is 0 Å². The summed E-state index contributed by atoms with van der Waals surface area (Å²) in [5.41, 5.74) is 11.6. The number of fused-ring (bicyclic) bond motifs is 9. The first-order chi connectivity index (χ1) is 25.3. The van der Waals surface area contributed by atoms with Crippen LogP contribution >= 0.6 is 11.3 Å². The predicted octanol–water partition coefficient (Wildman–Crippen LogP) is 13.0. The summed E-state index contributed by atoms with van der Waals surface area (Å²) in [5, 5.41) is 7.48. The first kappa shape index (κ1) is 28.4. The van der Waals surface area contributed by atoms with Crippen molar-refractivity contribution >= 4 is 75.3 Å². The van der Waals surface area contributed by atoms with Crippen LogP contribution in [-0.4, -0.2) is 14.1 Å². The molecule has 4 heterocycles. The van der Waals surface area contributed by atoms with Gasteiger partial charge in [-0.25, -0.2) is 4.98 Å². The van der Waals surface area contributed by atoms with E-state index in [9.17, 15) is 0 Å². The zero-order chi connectivity index (χ0) is 33.5. The zero-order valence-corrected chi connectivity index (χ0v) is 28.3. The van der Waals surface area contributed by atoms with Crippen LogP contribution in [0.1, 0.15) is 0 Å². The third kappa shape index (κ3) is 4.27. The largest absolute Gasteiger partial charge is 0.309 e. The van der Waals surface area contributed by atoms with Crippen LogP contribution in [0.2, 0.25) is 0 Å². The van der Waals surface area contributed by atoms with Crippen LogP contribution in [0, 0.1) is 0 Å². The Morgan fingerprint density at radius 2 is 1.02 bits per heavy atom. The quantitative estimate of drug-likeness (QED) is 0.183. The number of nitrogens with zero attached hydrogens (tertiary/aromatic N) is 3. The Morgan fingerprint density at radius 3 is 1.90 bits per heavy atom. The van der Waals surface area contributed by atoms with E-state index in [1.807, 2.05) is 23.6 Å². The number of para-hydroxylation sites is 2. The molecule has 0 aliphatic rings. The highest BCUT2D eigenvalue weighted by molar-refractivity contribution is 7.25. The maximum Gasteiger partial charge on any atom is 0.145 e. The Hall–Kier alpha value is -6.49. The number of hydrogen-bond acceptors (Lipinski definition) is 2. The van der Waals surface area contributed by atoms with Crippen molar-refractivity contribution in [2.75, 3.05) is 0 Å². The van der Waals surface area contributed by atoms with E-state index in [0.717, 1.165) is 27.9 Å². The third-order valence-electron chi connectivity index (χ3n) is 10.4. The molecule has 0 bridgehead atoms. The highest BCUT2D eigenvalue weighted by Gasteiger charge is 2.17. The van der Waals surface area contributed by atoms with Gasteiger partial charge in [0.25, 0.3) is 0 Å². The molecule has 0 spiro atoms. The Labute approximate surface area is 297 Å². The number of benzene rings is 7. The van der Waals surface area contributed by atoms with E-state index in [1.165, 1.54) is 69.6 Å². The number of pyridine rings is 1. The van der Waals surface area contributed by atoms with Gasteiger partial charge in [-0.1, -0.05) is 97.1 Å². The van der Waals surface area contributed by atoms with Gasteiger partial charge in [-0.15, -0.1) is 11.3 Å². The zero-order valence-electron chi connectivity index (χ0n) is 27.5. The van der Waals surface area contributed by atoms with E-state index < -0.39 is 0 Å². The summed E-state index contributed by atoms with van der Waals surface area (Å²) in [4.78, 5) is 4.84. The minimum Gasteiger partial charge on any atom is -0.309 e. The molecule has 0 fully saturated rings. The van der Waals surface area contributed by atoms with Crippen LogP contribution in [0.3, 0.4) is 0 Å². The van der Waals surface area contributed by atoms with Gasteiger partial charge in [0.05, 0.1) is 16.6 Å². The molecule has 51 heavy (non-hydrogen) atoms. The predicted molar refractivity (Wildman–Crippen MR) is 217 cm³/mol. The van der Waals surface area contributed by atoms with Gasteiger partial charge in [0.1, 0.15) is 5.65 Å². The molecule has 11 aromatic rings. The van der Waals surface area contributed by atoms with E-state index in [4.69, 9.17) is 4.98 Å². The summed E-state index contributed by atoms with van der Waals surface area (Å²) >= 11 is 1.87. The molecule has 0 saturated carbocycles. The second-order valence-electron chi connectivity index (χ2n) is 13.2. The number of hydrogen-bond donors (Lipinski definition) is 0. The van der Waals surface area contributed by atoms with Crippen LogP contribution in [0.5, 0.6) is 0 Å². The van der Waals surface area contributed by atoms with Crippen molar-refractivity contribution in [3.8, 4) is 33.6 Å². The maximum atomic E-state index is 4.84. The van der Waals surface area contributed by atoms with Gasteiger partial charge in [0.2, 0.25) is 0 Å². The lowest BCUT2D eigenvalue weighted by molar-refractivity contribution is 1.13. The van der Waals surface area contributed by atoms with E-state index in [0.29, 0.717) is 0 Å². The van der Waals surface area contributed by atoms with Crippen LogP contribution < -0.4 is 0 Å². The fourth-order valence-corrected chi connectivity index (χ4v) is 9.27. The van der Waals surface area contributed by atoms with Gasteiger partial charge in [-0.2, -0.15) is 0 Å². The van der Waals surface area contributed by atoms with Crippen LogP contribution in [0.4, 0.5) is 0 Å². The highest BCUT2D eigenvalue weighted by atomic mass is 32.1. The van der Waals surface area contributed by atoms with Crippen molar-refractivity contribution < 1.29 is 0 Å². The van der Waals surface area contributed by atoms with Gasteiger partial charge in [-0.3, -0.25) is 4.57 Å². The summed E-state index contributed by atoms with van der Waals surface area (Å²) in [6, 6.07) is 61.8. The molecule has 3 nitrogen and oxygen atoms in total. The van der Waals surface area contributed by atoms with Gasteiger partial charge in [0, 0.05) is 59.3 Å². The molecule has 238 valence electrons. The second-order valence-corrected chi connectivity index (χ2v) is 14.3. The first-order valence-corrected chi connectivity index (χ1v) is 18.1. The fourth-order valence-electron chi connectivity index (χ4n) is 8.14. The van der Waals surface area contributed by atoms with Crippen molar-refractivity contribution in [3.63, 3.8) is 0 Å². The molecular formula is C47H29N3S. The van der Waals surface area contributed by atoms with E-state index in [1.54, 1.807) is 0 Å². The minimum atomic E-state index is 0.972. The van der Waals surface area contributed by atoms with Gasteiger partial charge < -0.3 is 4.57 Å². The molecule has 4 aromatic heterocycles. The molecule has 0 radical (unpaired) electrons. The van der Waals surface area contributed by atoms with Crippen molar-refractivity contribution in [1.29, 1.82) is 0 Å². The second kappa shape index (κ2) is 11.0. The topological polar surface area (TPSA) is 22.8 Å². The summed E-state index contributed by atoms with van der Waals surface area (Å²) in [6.07, 6.45) is 1.88. The third-order valence-corrected chi connectivity index (χ3v) is 11.5. The standard InChI is InChI=1S/C47H29N3S/c1-5-21-42-36(15-1)38-19-10-26-48-47(38)50(42)34-24-25-43-40(29-34)37-16-2-4-20-41(37)49(43)33-14-8-12-31(28-33)30-11-7-13-32(27-30)35-18-9-23-45-46(35)39-17-3-6-22-44(39)51-45/h1-29H. The van der Waals surface area contributed by atoms with Gasteiger partial charge >= 0.3 is 0 Å². The molecule has 0 aliphatic heterocycles. The SMILES string of the molecule is c1cc(-c2cccc(-n3c4ccccc4c4cc(-n5c6ccccc6c6cccnc65)ccc43)c2)cc(-c2cccc3sc4ccccc4c23)c1. The Morgan fingerprint density at radius 1 is 0.392 bits per heavy atom. The van der Waals surface area contributed by atoms with Crippen LogP contribution in [0.25, 0.3) is 97.5 Å². The van der Waals surface area contributed by atoms with Crippen molar-refractivity contribution in [2.24, 2.45) is 0 Å². The smallest absolute Gasteiger partial charge is 0.145 e. The molecule has 4 heteroatoms. The lowest BCUT2D eigenvalue weighted by atomic mass is 9.96. The molecule has 7 aromatic carbocycles. The summed E-state index contributed by atoms with van der Waals surface area (Å²) < 4.78 is 7.35. The first-order valence-electron chi connectivity index (χ1n) is 17.3. The lowest BCUT2D eigenvalue weighted by Crippen LogP contribution is -1.97. The van der Waals surface area contributed by atoms with E-state index in [2.05, 4.69) is 173 Å². The lowest BCUT2D eigenvalue weighted by Gasteiger charge is -2.12. The molecule has 0 aliphatic carbocycles. The molecule has 0 unspecified atom stereocenters. The minimum absolute atomic E-state index is 0.972. The number of rotatable bonds is 4. The Bertz CT molecular complexity index is 3100. The van der Waals surface area contributed by atoms with Crippen molar-refractivity contribution in [1.82, 2.24) is 14.1 Å². The Balaban J connectivity index is 1.06. The van der Waals surface area contributed by atoms with E-state index in [-0.39, 0.29) is 0 Å². The summed E-state index contributed by atoms with van der Waals surface area (Å²) in [6.45, 7) is 0. The Kier molecular flexibility index (Phi) is 6.12. The average molecular weight is 668 g/mol. The molecule has 0 saturated heterocycles. The molecular weight excluding hydrogens is 639 g/mol. The highest BCUT2D eigenvalue weighted by Crippen LogP contribution is 2.41. The van der Waals surface area contributed by atoms with Crippen LogP contribution in [0.15, 0.2) is 176 Å². The maximum absolute atomic E-state index is 4.84. The average Bonchev–Trinajstić information content (AvgIpc) is 3.86. The molecule has 11 rings (SSSR count). The number of aromatic nitrogens is 3. The molecule has 0 N–H and O–H groups in total. The normalized spacial score (nSPS) is 11.9. The fraction of sp³-hybridized carbons (Fsp3) is 0.